The van der Waals surface area contributed by atoms with Gasteiger partial charge in [-0.2, -0.15) is 0 Å². The minimum absolute atomic E-state index is 0.0575. The molecular weight excluding hydrogens is 288 g/mol. The molecule has 23 heavy (non-hydrogen) atoms. The highest BCUT2D eigenvalue weighted by molar-refractivity contribution is 5.69. The summed E-state index contributed by atoms with van der Waals surface area (Å²) in [6, 6.07) is 0. The molecule has 0 radical (unpaired) electrons. The normalized spacial score (nSPS) is 29.6. The summed E-state index contributed by atoms with van der Waals surface area (Å²) in [6.45, 7) is 2.14. The fourth-order valence-corrected chi connectivity index (χ4v) is 2.81. The lowest BCUT2D eigenvalue weighted by Crippen LogP contribution is -2.15. The molecule has 3 heteroatoms. The predicted molar refractivity (Wildman–Crippen MR) is 93.2 cm³/mol. The lowest BCUT2D eigenvalue weighted by molar-refractivity contribution is -0.147. The third-order valence-corrected chi connectivity index (χ3v) is 4.25. The molecular formula is C20H30O3. The van der Waals surface area contributed by atoms with Crippen LogP contribution in [0.2, 0.25) is 0 Å². The largest absolute Gasteiger partial charge is 0.458 e. The van der Waals surface area contributed by atoms with Crippen LogP contribution < -0.4 is 0 Å². The zero-order valence-electron chi connectivity index (χ0n) is 14.3. The Hall–Kier alpha value is -1.35. The molecule has 3 nitrogen and oxygen atoms in total. The summed E-state index contributed by atoms with van der Waals surface area (Å²) in [7, 11) is 0. The molecule has 0 N–H and O–H groups in total. The zero-order valence-corrected chi connectivity index (χ0v) is 14.3. The van der Waals surface area contributed by atoms with Gasteiger partial charge >= 0.3 is 5.97 Å². The average molecular weight is 318 g/mol. The molecule has 2 rings (SSSR count). The van der Waals surface area contributed by atoms with E-state index in [1.807, 2.05) is 6.08 Å². The Labute approximate surface area is 140 Å². The van der Waals surface area contributed by atoms with Crippen molar-refractivity contribution in [2.45, 2.75) is 83.0 Å². The van der Waals surface area contributed by atoms with Gasteiger partial charge in [-0.05, 0) is 44.6 Å². The second-order valence-electron chi connectivity index (χ2n) is 6.33. The van der Waals surface area contributed by atoms with E-state index < -0.39 is 0 Å². The molecule has 0 aliphatic carbocycles. The highest BCUT2D eigenvalue weighted by Gasteiger charge is 2.35. The molecule has 2 heterocycles. The molecule has 2 saturated heterocycles. The van der Waals surface area contributed by atoms with E-state index in [-0.39, 0.29) is 18.2 Å². The summed E-state index contributed by atoms with van der Waals surface area (Å²) in [6.07, 6.45) is 22.2. The van der Waals surface area contributed by atoms with Gasteiger partial charge in [0.15, 0.2) is 0 Å². The van der Waals surface area contributed by atoms with Gasteiger partial charge in [0, 0.05) is 6.42 Å². The molecule has 0 unspecified atom stereocenters. The number of carbonyl (C=O) groups excluding carboxylic acids is 1. The van der Waals surface area contributed by atoms with E-state index in [4.69, 9.17) is 9.47 Å². The summed E-state index contributed by atoms with van der Waals surface area (Å²) in [5.41, 5.74) is 0. The number of esters is 1. The topological polar surface area (TPSA) is 38.8 Å². The molecule has 0 aromatic carbocycles. The van der Waals surface area contributed by atoms with Gasteiger partial charge in [-0.1, -0.05) is 50.1 Å². The lowest BCUT2D eigenvalue weighted by Gasteiger charge is -2.12. The highest BCUT2D eigenvalue weighted by atomic mass is 16.6. The third kappa shape index (κ3) is 7.65. The molecule has 0 saturated carbocycles. The first-order chi connectivity index (χ1) is 11.3. The minimum atomic E-state index is -0.0693. The van der Waals surface area contributed by atoms with Gasteiger partial charge in [0.05, 0.1) is 6.10 Å². The van der Waals surface area contributed by atoms with Crippen LogP contribution in [0.3, 0.4) is 0 Å². The Kier molecular flexibility index (Phi) is 8.16. The summed E-state index contributed by atoms with van der Waals surface area (Å²) in [4.78, 5) is 11.7. The van der Waals surface area contributed by atoms with Gasteiger partial charge in [0.2, 0.25) is 0 Å². The predicted octanol–water partition coefficient (Wildman–Crippen LogP) is 4.88. The van der Waals surface area contributed by atoms with Gasteiger partial charge in [0.25, 0.3) is 0 Å². The number of ether oxygens (including phenoxy) is 2. The summed E-state index contributed by atoms with van der Waals surface area (Å²) in [5.74, 6) is -0.0575. The maximum Gasteiger partial charge on any atom is 0.306 e. The van der Waals surface area contributed by atoms with Gasteiger partial charge < -0.3 is 9.47 Å². The Morgan fingerprint density at radius 3 is 2.74 bits per heavy atom. The Bertz CT molecular complexity index is 436. The van der Waals surface area contributed by atoms with Crippen LogP contribution in [0, 0.1) is 0 Å². The van der Waals surface area contributed by atoms with Crippen molar-refractivity contribution < 1.29 is 14.3 Å². The number of hydrogen-bond acceptors (Lipinski definition) is 3. The monoisotopic (exact) mass is 318 g/mol. The van der Waals surface area contributed by atoms with E-state index in [0.29, 0.717) is 12.5 Å². The van der Waals surface area contributed by atoms with Crippen molar-refractivity contribution in [2.75, 3.05) is 0 Å². The molecule has 0 spiro atoms. The Balaban J connectivity index is 1.67. The van der Waals surface area contributed by atoms with Crippen molar-refractivity contribution in [2.24, 2.45) is 0 Å². The molecule has 2 fully saturated rings. The zero-order chi connectivity index (χ0) is 16.3. The first-order valence-corrected chi connectivity index (χ1v) is 9.13. The van der Waals surface area contributed by atoms with E-state index in [1.165, 1.54) is 6.42 Å². The molecule has 0 aromatic heterocycles. The van der Waals surface area contributed by atoms with Gasteiger partial charge in [-0.25, -0.2) is 0 Å². The maximum absolute atomic E-state index is 11.7. The van der Waals surface area contributed by atoms with E-state index in [9.17, 15) is 4.79 Å². The van der Waals surface area contributed by atoms with Crippen LogP contribution in [0.4, 0.5) is 0 Å². The van der Waals surface area contributed by atoms with Crippen LogP contribution in [-0.4, -0.2) is 24.3 Å². The summed E-state index contributed by atoms with van der Waals surface area (Å²) in [5, 5.41) is 0. The van der Waals surface area contributed by atoms with Crippen molar-refractivity contribution in [1.82, 2.24) is 0 Å². The highest BCUT2D eigenvalue weighted by Crippen LogP contribution is 2.27. The molecule has 0 bridgehead atoms. The second-order valence-corrected chi connectivity index (χ2v) is 6.33. The number of epoxide rings is 1. The first kappa shape index (κ1) is 18.0. The van der Waals surface area contributed by atoms with E-state index >= 15 is 0 Å². The Morgan fingerprint density at radius 2 is 1.87 bits per heavy atom. The quantitative estimate of drug-likeness (QED) is 0.381. The minimum Gasteiger partial charge on any atom is -0.458 e. The first-order valence-electron chi connectivity index (χ1n) is 9.13. The van der Waals surface area contributed by atoms with E-state index in [1.54, 1.807) is 0 Å². The molecule has 2 aliphatic rings. The van der Waals surface area contributed by atoms with Crippen LogP contribution >= 0.6 is 0 Å². The number of hydrogen-bond donors (Lipinski definition) is 0. The van der Waals surface area contributed by atoms with Crippen molar-refractivity contribution in [1.29, 1.82) is 0 Å². The fraction of sp³-hybridized carbons (Fsp3) is 0.650. The van der Waals surface area contributed by atoms with E-state index in [0.717, 1.165) is 44.9 Å². The number of cyclic esters (lactones) is 1. The lowest BCUT2D eigenvalue weighted by atomic mass is 10.1. The van der Waals surface area contributed by atoms with Crippen LogP contribution in [-0.2, 0) is 14.3 Å². The van der Waals surface area contributed by atoms with Crippen molar-refractivity contribution in [3.63, 3.8) is 0 Å². The van der Waals surface area contributed by atoms with E-state index in [2.05, 4.69) is 37.3 Å². The number of rotatable bonds is 7. The number of allylic oxidation sites excluding steroid dienone is 3. The van der Waals surface area contributed by atoms with Crippen molar-refractivity contribution in [3.8, 4) is 0 Å². The smallest absolute Gasteiger partial charge is 0.306 e. The fourth-order valence-electron chi connectivity index (χ4n) is 2.81. The van der Waals surface area contributed by atoms with Crippen LogP contribution in [0.15, 0.2) is 36.5 Å². The SMILES string of the molecule is CC/C=C\C/C=C\C[C@@H]1O[C@@H]1/C=C/[C@H]1CCCCCCC(=O)O1. The molecule has 0 amide bonds. The molecule has 0 aromatic rings. The van der Waals surface area contributed by atoms with Crippen LogP contribution in [0.25, 0.3) is 0 Å². The third-order valence-electron chi connectivity index (χ3n) is 4.25. The van der Waals surface area contributed by atoms with Crippen LogP contribution in [0.1, 0.15) is 64.7 Å². The Morgan fingerprint density at radius 1 is 1.04 bits per heavy atom. The van der Waals surface area contributed by atoms with Gasteiger partial charge in [-0.15, -0.1) is 0 Å². The summed E-state index contributed by atoms with van der Waals surface area (Å²) < 4.78 is 11.2. The van der Waals surface area contributed by atoms with Gasteiger partial charge in [-0.3, -0.25) is 4.79 Å². The van der Waals surface area contributed by atoms with Crippen LogP contribution in [0.5, 0.6) is 0 Å². The second kappa shape index (κ2) is 10.4. The van der Waals surface area contributed by atoms with Crippen molar-refractivity contribution >= 4 is 5.97 Å². The standard InChI is InChI=1S/C20H30O3/c1-2-3-4-5-6-10-13-18-19(23-18)16-15-17-12-9-7-8-11-14-20(21)22-17/h3-4,6,10,15-19H,2,5,7-9,11-14H2,1H3/b4-3-,10-6-,16-15+/t17-,18+,19-/m1/s1. The van der Waals surface area contributed by atoms with Crippen molar-refractivity contribution in [3.05, 3.63) is 36.5 Å². The summed E-state index contributed by atoms with van der Waals surface area (Å²) >= 11 is 0. The number of carbonyl (C=O) groups is 1. The average Bonchev–Trinajstić information content (AvgIpc) is 3.27. The van der Waals surface area contributed by atoms with Gasteiger partial charge in [0.1, 0.15) is 12.2 Å². The molecule has 3 atom stereocenters. The maximum atomic E-state index is 11.7. The molecule has 2 aliphatic heterocycles. The molecule has 128 valence electrons.